The predicted octanol–water partition coefficient (Wildman–Crippen LogP) is 2.69. The van der Waals surface area contributed by atoms with Crippen molar-refractivity contribution in [3.05, 3.63) is 77.6 Å². The van der Waals surface area contributed by atoms with Crippen molar-refractivity contribution in [1.29, 1.82) is 0 Å². The molecule has 7 nitrogen and oxygen atoms in total. The van der Waals surface area contributed by atoms with E-state index in [-0.39, 0.29) is 11.6 Å². The topological polar surface area (TPSA) is 99.5 Å². The first-order valence-electron chi connectivity index (χ1n) is 8.17. The highest BCUT2D eigenvalue weighted by Crippen LogP contribution is 2.30. The molecule has 0 aliphatic carbocycles. The number of hydrazone groups is 1. The number of halogens is 1. The number of aromatic nitrogens is 2. The first-order chi connectivity index (χ1) is 12.9. The molecule has 1 aliphatic heterocycles. The molecule has 0 spiro atoms. The van der Waals surface area contributed by atoms with Gasteiger partial charge in [-0.15, -0.1) is 11.3 Å². The quantitative estimate of drug-likeness (QED) is 0.627. The second-order valence-corrected chi connectivity index (χ2v) is 7.92. The number of nitrogens with one attached hydrogen (secondary N) is 2. The van der Waals surface area contributed by atoms with Gasteiger partial charge in [0.1, 0.15) is 5.56 Å². The molecule has 0 saturated carbocycles. The first kappa shape index (κ1) is 17.6. The van der Waals surface area contributed by atoms with Crippen molar-refractivity contribution in [3.8, 4) is 11.6 Å². The zero-order valence-electron chi connectivity index (χ0n) is 14.2. The van der Waals surface area contributed by atoms with E-state index in [1.807, 2.05) is 19.1 Å². The van der Waals surface area contributed by atoms with Crippen LogP contribution in [0.25, 0.3) is 5.69 Å². The van der Waals surface area contributed by atoms with E-state index in [1.165, 1.54) is 4.88 Å². The van der Waals surface area contributed by atoms with Crippen molar-refractivity contribution in [1.82, 2.24) is 15.0 Å². The SMILES string of the molecule is Cc1ccc(C2CC(c3c(O)n(-c4ccc(Cl)cc4)c(=O)[nH]c3=O)=NN2)s1. The minimum Gasteiger partial charge on any atom is -0.493 e. The lowest BCUT2D eigenvalue weighted by molar-refractivity contribution is 0.429. The summed E-state index contributed by atoms with van der Waals surface area (Å²) in [4.78, 5) is 29.2. The molecule has 9 heteroatoms. The van der Waals surface area contributed by atoms with Crippen molar-refractivity contribution in [2.75, 3.05) is 0 Å². The molecule has 138 valence electrons. The van der Waals surface area contributed by atoms with Gasteiger partial charge in [0.05, 0.1) is 17.4 Å². The van der Waals surface area contributed by atoms with E-state index in [0.717, 1.165) is 9.44 Å². The fourth-order valence-electron chi connectivity index (χ4n) is 3.02. The number of aromatic amines is 1. The van der Waals surface area contributed by atoms with Crippen LogP contribution in [0.15, 0.2) is 51.1 Å². The van der Waals surface area contributed by atoms with Crippen LogP contribution in [-0.4, -0.2) is 20.4 Å². The fourth-order valence-corrected chi connectivity index (χ4v) is 4.07. The van der Waals surface area contributed by atoms with Crippen LogP contribution in [0.3, 0.4) is 0 Å². The van der Waals surface area contributed by atoms with E-state index in [0.29, 0.717) is 22.8 Å². The third-order valence-electron chi connectivity index (χ3n) is 4.32. The number of hydrogen-bond acceptors (Lipinski definition) is 6. The van der Waals surface area contributed by atoms with E-state index in [9.17, 15) is 14.7 Å². The van der Waals surface area contributed by atoms with Gasteiger partial charge in [-0.2, -0.15) is 5.10 Å². The van der Waals surface area contributed by atoms with Crippen LogP contribution >= 0.6 is 22.9 Å². The van der Waals surface area contributed by atoms with Gasteiger partial charge < -0.3 is 10.5 Å². The van der Waals surface area contributed by atoms with Crippen molar-refractivity contribution >= 4 is 28.6 Å². The normalized spacial score (nSPS) is 16.2. The maximum atomic E-state index is 12.4. The second-order valence-electron chi connectivity index (χ2n) is 6.16. The maximum absolute atomic E-state index is 12.4. The molecule has 0 saturated heterocycles. The Hall–Kier alpha value is -2.84. The summed E-state index contributed by atoms with van der Waals surface area (Å²) >= 11 is 7.52. The predicted molar refractivity (Wildman–Crippen MR) is 105 cm³/mol. The fraction of sp³-hybridized carbons (Fsp3) is 0.167. The number of thiophene rings is 1. The molecule has 1 unspecified atom stereocenters. The number of hydrogen-bond donors (Lipinski definition) is 3. The minimum absolute atomic E-state index is 0.0205. The Kier molecular flexibility index (Phi) is 4.37. The second kappa shape index (κ2) is 6.71. The molecule has 0 radical (unpaired) electrons. The first-order valence-corrected chi connectivity index (χ1v) is 9.36. The van der Waals surface area contributed by atoms with E-state index in [1.54, 1.807) is 35.6 Å². The lowest BCUT2D eigenvalue weighted by atomic mass is 10.1. The molecule has 3 aromatic rings. The summed E-state index contributed by atoms with van der Waals surface area (Å²) in [5, 5.41) is 15.4. The maximum Gasteiger partial charge on any atom is 0.335 e. The lowest BCUT2D eigenvalue weighted by Crippen LogP contribution is -2.33. The third kappa shape index (κ3) is 3.17. The highest BCUT2D eigenvalue weighted by atomic mass is 35.5. The molecule has 0 bridgehead atoms. The Morgan fingerprint density at radius 1 is 1.22 bits per heavy atom. The molecule has 0 fully saturated rings. The summed E-state index contributed by atoms with van der Waals surface area (Å²) < 4.78 is 1.03. The Morgan fingerprint density at radius 2 is 1.96 bits per heavy atom. The van der Waals surface area contributed by atoms with E-state index in [4.69, 9.17) is 11.6 Å². The number of nitrogens with zero attached hydrogens (tertiary/aromatic N) is 2. The zero-order chi connectivity index (χ0) is 19.1. The van der Waals surface area contributed by atoms with Crippen LogP contribution in [0.2, 0.25) is 5.02 Å². The average Bonchev–Trinajstić information content (AvgIpc) is 3.25. The molecule has 3 heterocycles. The monoisotopic (exact) mass is 402 g/mol. The number of aromatic hydroxyl groups is 1. The Labute approximate surface area is 162 Å². The molecule has 1 atom stereocenters. The van der Waals surface area contributed by atoms with Crippen LogP contribution < -0.4 is 16.7 Å². The van der Waals surface area contributed by atoms with Crippen LogP contribution in [0.4, 0.5) is 0 Å². The van der Waals surface area contributed by atoms with Crippen molar-refractivity contribution in [2.24, 2.45) is 5.10 Å². The summed E-state index contributed by atoms with van der Waals surface area (Å²) in [6, 6.07) is 10.3. The summed E-state index contributed by atoms with van der Waals surface area (Å²) in [5.41, 5.74) is 2.35. The van der Waals surface area contributed by atoms with Gasteiger partial charge in [0, 0.05) is 21.2 Å². The number of H-pyrrole nitrogens is 1. The zero-order valence-corrected chi connectivity index (χ0v) is 15.8. The Balaban J connectivity index is 1.76. The lowest BCUT2D eigenvalue weighted by Gasteiger charge is -2.11. The van der Waals surface area contributed by atoms with Crippen LogP contribution in [0.5, 0.6) is 5.88 Å². The van der Waals surface area contributed by atoms with E-state index >= 15 is 0 Å². The van der Waals surface area contributed by atoms with Gasteiger partial charge in [0.2, 0.25) is 5.88 Å². The molecular formula is C18H15ClN4O3S. The molecule has 3 N–H and O–H groups in total. The van der Waals surface area contributed by atoms with Crippen molar-refractivity contribution in [3.63, 3.8) is 0 Å². The van der Waals surface area contributed by atoms with Crippen LogP contribution in [-0.2, 0) is 0 Å². The molecule has 4 rings (SSSR count). The molecular weight excluding hydrogens is 388 g/mol. The Bertz CT molecular complexity index is 1160. The summed E-state index contributed by atoms with van der Waals surface area (Å²) in [6.07, 6.45) is 0.426. The van der Waals surface area contributed by atoms with Gasteiger partial charge in [-0.05, 0) is 43.3 Å². The number of rotatable bonds is 3. The molecule has 0 amide bonds. The standard InChI is InChI=1S/C18H15ClN4O3S/c1-9-2-7-14(27-9)12-8-13(22-21-12)15-16(24)20-18(26)23(17(15)25)11-5-3-10(19)4-6-11/h2-7,12,21,25H,8H2,1H3,(H,20,24,26). The minimum atomic E-state index is -0.736. The Morgan fingerprint density at radius 3 is 2.63 bits per heavy atom. The highest BCUT2D eigenvalue weighted by molar-refractivity contribution is 7.12. The smallest absolute Gasteiger partial charge is 0.335 e. The third-order valence-corrected chi connectivity index (χ3v) is 5.68. The number of benzene rings is 1. The van der Waals surface area contributed by atoms with Crippen LogP contribution in [0, 0.1) is 6.92 Å². The summed E-state index contributed by atoms with van der Waals surface area (Å²) in [6.45, 7) is 2.02. The highest BCUT2D eigenvalue weighted by Gasteiger charge is 2.28. The molecule has 1 aliphatic rings. The van der Waals surface area contributed by atoms with Crippen molar-refractivity contribution in [2.45, 2.75) is 19.4 Å². The van der Waals surface area contributed by atoms with Gasteiger partial charge in [0.25, 0.3) is 5.56 Å². The van der Waals surface area contributed by atoms with Crippen LogP contribution in [0.1, 0.15) is 27.8 Å². The van der Waals surface area contributed by atoms with Gasteiger partial charge in [-0.25, -0.2) is 9.36 Å². The van der Waals surface area contributed by atoms with Gasteiger partial charge in [0.15, 0.2) is 0 Å². The van der Waals surface area contributed by atoms with Gasteiger partial charge in [-0.3, -0.25) is 9.78 Å². The van der Waals surface area contributed by atoms with E-state index < -0.39 is 17.1 Å². The molecule has 1 aromatic carbocycles. The largest absolute Gasteiger partial charge is 0.493 e. The van der Waals surface area contributed by atoms with E-state index in [2.05, 4.69) is 15.5 Å². The molecule has 2 aromatic heterocycles. The number of aryl methyl sites for hydroxylation is 1. The van der Waals surface area contributed by atoms with Gasteiger partial charge in [-0.1, -0.05) is 11.6 Å². The summed E-state index contributed by atoms with van der Waals surface area (Å²) in [5.74, 6) is -0.449. The molecule has 27 heavy (non-hydrogen) atoms. The van der Waals surface area contributed by atoms with Gasteiger partial charge >= 0.3 is 5.69 Å². The average molecular weight is 403 g/mol. The summed E-state index contributed by atoms with van der Waals surface area (Å²) in [7, 11) is 0. The van der Waals surface area contributed by atoms with Crippen molar-refractivity contribution < 1.29 is 5.11 Å².